The van der Waals surface area contributed by atoms with Crippen LogP contribution in [0.4, 0.5) is 0 Å². The van der Waals surface area contributed by atoms with Crippen molar-refractivity contribution in [3.05, 3.63) is 0 Å². The van der Waals surface area contributed by atoms with Gasteiger partial charge in [0.05, 0.1) is 7.11 Å². The van der Waals surface area contributed by atoms with Crippen LogP contribution in [0.1, 0.15) is 12.8 Å². The summed E-state index contributed by atoms with van der Waals surface area (Å²) in [6, 6.07) is 1.95. The third kappa shape index (κ3) is 1.86. The zero-order valence-corrected chi connectivity index (χ0v) is 7.82. The molecule has 1 heterocycles. The van der Waals surface area contributed by atoms with Gasteiger partial charge in [-0.2, -0.15) is 15.7 Å². The minimum atomic E-state index is -0.442. The van der Waals surface area contributed by atoms with Crippen LogP contribution in [-0.2, 0) is 9.53 Å². The van der Waals surface area contributed by atoms with E-state index in [4.69, 9.17) is 5.26 Å². The number of hydrogen-bond acceptors (Lipinski definition) is 3. The van der Waals surface area contributed by atoms with Crippen molar-refractivity contribution < 1.29 is 9.53 Å². The number of methoxy groups -OCH3 is 1. The van der Waals surface area contributed by atoms with Crippen LogP contribution in [0.3, 0.4) is 0 Å². The quantitative estimate of drug-likeness (QED) is 0.451. The molecule has 1 aliphatic heterocycles. The van der Waals surface area contributed by atoms with Gasteiger partial charge in [-0.05, 0) is 24.3 Å². The Morgan fingerprint density at radius 3 is 2.50 bits per heavy atom. The van der Waals surface area contributed by atoms with E-state index in [0.29, 0.717) is 4.86 Å². The molecular weight excluding hydrogens is 174 g/mol. The molecule has 0 atom stereocenters. The first-order valence-electron chi connectivity index (χ1n) is 3.82. The predicted molar refractivity (Wildman–Crippen MR) is 49.2 cm³/mol. The molecule has 4 heteroatoms. The van der Waals surface area contributed by atoms with E-state index in [0.717, 1.165) is 24.3 Å². The van der Waals surface area contributed by atoms with Gasteiger partial charge in [0.25, 0.3) is 0 Å². The molecule has 0 aromatic rings. The molecule has 3 nitrogen and oxygen atoms in total. The van der Waals surface area contributed by atoms with Gasteiger partial charge in [-0.3, -0.25) is 0 Å². The number of nitriles is 1. The van der Waals surface area contributed by atoms with Crippen LogP contribution < -0.4 is 0 Å². The number of esters is 1. The summed E-state index contributed by atoms with van der Waals surface area (Å²) in [5.41, 5.74) is 0. The lowest BCUT2D eigenvalue weighted by Crippen LogP contribution is -2.14. The van der Waals surface area contributed by atoms with Crippen molar-refractivity contribution in [3.8, 4) is 6.07 Å². The zero-order chi connectivity index (χ0) is 8.97. The van der Waals surface area contributed by atoms with Crippen molar-refractivity contribution in [2.24, 2.45) is 0 Å². The Labute approximate surface area is 74.3 Å². The minimum Gasteiger partial charge on any atom is -0.465 e. The van der Waals surface area contributed by atoms with Crippen molar-refractivity contribution in [3.63, 3.8) is 0 Å². The Kier molecular flexibility index (Phi) is 3.30. The number of carbonyl (C=O) groups excluding carboxylic acids is 1. The SMILES string of the molecule is COC(=O)C(C#N)=S1CCCC1. The highest BCUT2D eigenvalue weighted by Gasteiger charge is 2.17. The summed E-state index contributed by atoms with van der Waals surface area (Å²) >= 11 is 0. The lowest BCUT2D eigenvalue weighted by molar-refractivity contribution is -0.132. The smallest absolute Gasteiger partial charge is 0.354 e. The van der Waals surface area contributed by atoms with E-state index in [1.807, 2.05) is 6.07 Å². The second-order valence-corrected chi connectivity index (χ2v) is 4.75. The molecule has 0 N–H and O–H groups in total. The van der Waals surface area contributed by atoms with Crippen LogP contribution >= 0.6 is 10.5 Å². The van der Waals surface area contributed by atoms with E-state index in [9.17, 15) is 4.79 Å². The molecule has 0 amide bonds. The highest BCUT2D eigenvalue weighted by molar-refractivity contribution is 8.17. The van der Waals surface area contributed by atoms with E-state index < -0.39 is 5.97 Å². The number of rotatable bonds is 1. The van der Waals surface area contributed by atoms with Crippen LogP contribution in [0.25, 0.3) is 0 Å². The van der Waals surface area contributed by atoms with Crippen LogP contribution in [0.5, 0.6) is 0 Å². The average molecular weight is 185 g/mol. The summed E-state index contributed by atoms with van der Waals surface area (Å²) in [6.45, 7) is 0. The van der Waals surface area contributed by atoms with E-state index in [-0.39, 0.29) is 10.5 Å². The van der Waals surface area contributed by atoms with Gasteiger partial charge in [-0.25, -0.2) is 4.79 Å². The lowest BCUT2D eigenvalue weighted by Gasteiger charge is -2.01. The second-order valence-electron chi connectivity index (χ2n) is 2.54. The van der Waals surface area contributed by atoms with Gasteiger partial charge in [0.2, 0.25) is 0 Å². The molecule has 0 aromatic heterocycles. The zero-order valence-electron chi connectivity index (χ0n) is 7.00. The lowest BCUT2D eigenvalue weighted by atomic mass is 10.4. The van der Waals surface area contributed by atoms with Crippen LogP contribution in [-0.4, -0.2) is 29.4 Å². The fourth-order valence-corrected chi connectivity index (χ4v) is 3.35. The summed E-state index contributed by atoms with van der Waals surface area (Å²) in [5.74, 6) is 1.53. The van der Waals surface area contributed by atoms with Crippen LogP contribution in [0.2, 0.25) is 0 Å². The van der Waals surface area contributed by atoms with Gasteiger partial charge in [0.1, 0.15) is 6.07 Å². The first-order chi connectivity index (χ1) is 5.79. The maximum Gasteiger partial charge on any atom is 0.354 e. The molecule has 0 unspecified atom stereocenters. The third-order valence-electron chi connectivity index (χ3n) is 1.79. The third-order valence-corrected chi connectivity index (χ3v) is 4.19. The summed E-state index contributed by atoms with van der Waals surface area (Å²) < 4.78 is 4.52. The number of nitrogens with zero attached hydrogens (tertiary/aromatic N) is 1. The van der Waals surface area contributed by atoms with Gasteiger partial charge in [0.15, 0.2) is 4.86 Å². The fraction of sp³-hybridized carbons (Fsp3) is 0.625. The van der Waals surface area contributed by atoms with Crippen molar-refractivity contribution in [2.75, 3.05) is 18.6 Å². The molecule has 0 aliphatic carbocycles. The van der Waals surface area contributed by atoms with Gasteiger partial charge in [0, 0.05) is 0 Å². The van der Waals surface area contributed by atoms with Crippen LogP contribution in [0, 0.1) is 11.3 Å². The molecule has 0 radical (unpaired) electrons. The van der Waals surface area contributed by atoms with E-state index in [1.54, 1.807) is 0 Å². The number of hydrogen-bond donors (Lipinski definition) is 0. The largest absolute Gasteiger partial charge is 0.465 e. The molecule has 1 aliphatic rings. The van der Waals surface area contributed by atoms with E-state index >= 15 is 0 Å². The first-order valence-corrected chi connectivity index (χ1v) is 5.38. The van der Waals surface area contributed by atoms with Crippen molar-refractivity contribution in [1.82, 2.24) is 0 Å². The predicted octanol–water partition coefficient (Wildman–Crippen LogP) is 0.918. The van der Waals surface area contributed by atoms with Gasteiger partial charge < -0.3 is 4.74 Å². The summed E-state index contributed by atoms with van der Waals surface area (Å²) in [6.07, 6.45) is 2.26. The maximum absolute atomic E-state index is 11.1. The molecule has 1 saturated heterocycles. The van der Waals surface area contributed by atoms with Gasteiger partial charge in [-0.15, -0.1) is 0 Å². The van der Waals surface area contributed by atoms with Crippen molar-refractivity contribution in [2.45, 2.75) is 12.8 Å². The summed E-state index contributed by atoms with van der Waals surface area (Å²) in [7, 11) is 1.20. The van der Waals surface area contributed by atoms with Crippen molar-refractivity contribution in [1.29, 1.82) is 5.26 Å². The standard InChI is InChI=1S/C8H11NO2S/c1-11-8(10)7(6-9)12-4-2-3-5-12/h2-5H2,1H3. The molecule has 66 valence electrons. The molecular formula is C8H11NO2S. The summed E-state index contributed by atoms with van der Waals surface area (Å²) in [5, 5.41) is 8.71. The Balaban J connectivity index is 2.86. The Morgan fingerprint density at radius 1 is 1.50 bits per heavy atom. The highest BCUT2D eigenvalue weighted by atomic mass is 32.2. The Hall–Kier alpha value is -0.820. The van der Waals surface area contributed by atoms with Crippen LogP contribution in [0.15, 0.2) is 0 Å². The number of carbonyl (C=O) groups is 1. The topological polar surface area (TPSA) is 50.1 Å². The van der Waals surface area contributed by atoms with Gasteiger partial charge in [-0.1, -0.05) is 0 Å². The molecule has 12 heavy (non-hydrogen) atoms. The molecule has 0 aromatic carbocycles. The Bertz CT molecular complexity index is 257. The molecule has 0 saturated carbocycles. The highest BCUT2D eigenvalue weighted by Crippen LogP contribution is 2.26. The fourth-order valence-electron chi connectivity index (χ4n) is 1.18. The average Bonchev–Trinajstić information content (AvgIpc) is 2.58. The van der Waals surface area contributed by atoms with E-state index in [2.05, 4.69) is 4.74 Å². The Morgan fingerprint density at radius 2 is 2.08 bits per heavy atom. The second kappa shape index (κ2) is 4.27. The number of ether oxygens (including phenoxy) is 1. The molecule has 0 spiro atoms. The molecule has 0 bridgehead atoms. The molecule has 1 fully saturated rings. The maximum atomic E-state index is 11.1. The molecule has 1 rings (SSSR count). The monoisotopic (exact) mass is 185 g/mol. The van der Waals surface area contributed by atoms with E-state index in [1.165, 1.54) is 7.11 Å². The normalized spacial score (nSPS) is 17.0. The summed E-state index contributed by atoms with van der Waals surface area (Å²) in [4.78, 5) is 11.4. The van der Waals surface area contributed by atoms with Gasteiger partial charge >= 0.3 is 5.97 Å². The van der Waals surface area contributed by atoms with Crippen molar-refractivity contribution >= 4 is 21.3 Å². The minimum absolute atomic E-state index is 0.114. The first kappa shape index (κ1) is 9.27.